The predicted octanol–water partition coefficient (Wildman–Crippen LogP) is 1.21. The Balaban J connectivity index is 2.20. The third kappa shape index (κ3) is 4.49. The van der Waals surface area contributed by atoms with Crippen LogP contribution in [0.1, 0.15) is 40.0 Å². The lowest BCUT2D eigenvalue weighted by atomic mass is 9.85. The first kappa shape index (κ1) is 12.9. The molecule has 1 aliphatic heterocycles. The van der Waals surface area contributed by atoms with E-state index in [0.29, 0.717) is 0 Å². The smallest absolute Gasteiger partial charge is 0.0564 e. The van der Waals surface area contributed by atoms with Crippen molar-refractivity contribution in [3.05, 3.63) is 0 Å². The van der Waals surface area contributed by atoms with Crippen LogP contribution in [0.25, 0.3) is 0 Å². The van der Waals surface area contributed by atoms with Crippen molar-refractivity contribution in [3.63, 3.8) is 0 Å². The molecule has 0 bridgehead atoms. The number of hydrogen-bond acceptors (Lipinski definition) is 3. The van der Waals surface area contributed by atoms with Gasteiger partial charge in [0.25, 0.3) is 0 Å². The molecular weight excluding hydrogens is 188 g/mol. The zero-order valence-corrected chi connectivity index (χ0v) is 10.4. The second-order valence-electron chi connectivity index (χ2n) is 5.83. The number of aliphatic hydroxyl groups excluding tert-OH is 1. The summed E-state index contributed by atoms with van der Waals surface area (Å²) < 4.78 is 0. The van der Waals surface area contributed by atoms with Gasteiger partial charge in [0.15, 0.2) is 0 Å². The van der Waals surface area contributed by atoms with Crippen molar-refractivity contribution in [3.8, 4) is 0 Å². The molecule has 1 saturated heterocycles. The second-order valence-corrected chi connectivity index (χ2v) is 5.83. The monoisotopic (exact) mass is 214 g/mol. The van der Waals surface area contributed by atoms with Gasteiger partial charge in [-0.2, -0.15) is 0 Å². The Morgan fingerprint density at radius 1 is 1.33 bits per heavy atom. The van der Waals surface area contributed by atoms with Gasteiger partial charge in [-0.05, 0) is 31.2 Å². The van der Waals surface area contributed by atoms with Gasteiger partial charge in [0.05, 0.1) is 6.10 Å². The van der Waals surface area contributed by atoms with Crippen LogP contribution in [0.5, 0.6) is 0 Å². The second kappa shape index (κ2) is 5.28. The van der Waals surface area contributed by atoms with E-state index in [-0.39, 0.29) is 17.6 Å². The molecule has 1 fully saturated rings. The van der Waals surface area contributed by atoms with Crippen molar-refractivity contribution >= 4 is 0 Å². The number of likely N-dealkylation sites (tertiary alicyclic amines) is 1. The number of hydrogen-bond donors (Lipinski definition) is 2. The highest BCUT2D eigenvalue weighted by molar-refractivity contribution is 4.79. The first-order valence-corrected chi connectivity index (χ1v) is 6.05. The molecule has 0 aromatic carbocycles. The minimum Gasteiger partial charge on any atom is -0.393 e. The Kier molecular flexibility index (Phi) is 4.56. The highest BCUT2D eigenvalue weighted by Crippen LogP contribution is 2.20. The number of aliphatic hydroxyl groups is 1. The molecule has 90 valence electrons. The summed E-state index contributed by atoms with van der Waals surface area (Å²) in [6.07, 6.45) is 2.83. The Morgan fingerprint density at radius 2 is 1.87 bits per heavy atom. The molecule has 3 N–H and O–H groups in total. The SMILES string of the molecule is CC(C)(C)C(N)CCN1CCC(O)CC1. The van der Waals surface area contributed by atoms with Crippen LogP contribution in [0.3, 0.4) is 0 Å². The Bertz CT molecular complexity index is 181. The van der Waals surface area contributed by atoms with Crippen molar-refractivity contribution in [2.75, 3.05) is 19.6 Å². The van der Waals surface area contributed by atoms with Crippen LogP contribution in [-0.2, 0) is 0 Å². The summed E-state index contributed by atoms with van der Waals surface area (Å²) in [4.78, 5) is 2.42. The summed E-state index contributed by atoms with van der Waals surface area (Å²) in [5.41, 5.74) is 6.32. The van der Waals surface area contributed by atoms with E-state index in [1.807, 2.05) is 0 Å². The first-order valence-electron chi connectivity index (χ1n) is 6.05. The van der Waals surface area contributed by atoms with E-state index in [1.54, 1.807) is 0 Å². The zero-order valence-electron chi connectivity index (χ0n) is 10.4. The molecule has 0 aliphatic carbocycles. The normalized spacial score (nSPS) is 23.0. The molecular formula is C12H26N2O. The van der Waals surface area contributed by atoms with Gasteiger partial charge in [-0.3, -0.25) is 0 Å². The van der Waals surface area contributed by atoms with Crippen molar-refractivity contribution in [1.82, 2.24) is 4.90 Å². The fourth-order valence-electron chi connectivity index (χ4n) is 1.90. The quantitative estimate of drug-likeness (QED) is 0.742. The van der Waals surface area contributed by atoms with Crippen LogP contribution in [0.4, 0.5) is 0 Å². The van der Waals surface area contributed by atoms with E-state index in [2.05, 4.69) is 25.7 Å². The predicted molar refractivity (Wildman–Crippen MR) is 63.7 cm³/mol. The largest absolute Gasteiger partial charge is 0.393 e. The molecule has 1 rings (SSSR count). The minimum absolute atomic E-state index is 0.0717. The Labute approximate surface area is 93.6 Å². The molecule has 0 saturated carbocycles. The molecule has 15 heavy (non-hydrogen) atoms. The summed E-state index contributed by atoms with van der Waals surface area (Å²) in [5.74, 6) is 0. The van der Waals surface area contributed by atoms with Crippen LogP contribution in [0.15, 0.2) is 0 Å². The minimum atomic E-state index is -0.0717. The Hall–Kier alpha value is -0.120. The van der Waals surface area contributed by atoms with Gasteiger partial charge in [-0.25, -0.2) is 0 Å². The van der Waals surface area contributed by atoms with Gasteiger partial charge in [0, 0.05) is 19.1 Å². The molecule has 0 aromatic heterocycles. The van der Waals surface area contributed by atoms with E-state index in [0.717, 1.165) is 38.9 Å². The number of rotatable bonds is 3. The summed E-state index contributed by atoms with van der Waals surface area (Å²) in [6, 6.07) is 0.268. The molecule has 0 aromatic rings. The van der Waals surface area contributed by atoms with Crippen LogP contribution in [-0.4, -0.2) is 41.8 Å². The molecule has 0 radical (unpaired) electrons. The topological polar surface area (TPSA) is 49.5 Å². The van der Waals surface area contributed by atoms with Crippen LogP contribution >= 0.6 is 0 Å². The van der Waals surface area contributed by atoms with Crippen molar-refractivity contribution < 1.29 is 5.11 Å². The van der Waals surface area contributed by atoms with Gasteiger partial charge in [-0.1, -0.05) is 20.8 Å². The average molecular weight is 214 g/mol. The van der Waals surface area contributed by atoms with Gasteiger partial charge in [-0.15, -0.1) is 0 Å². The van der Waals surface area contributed by atoms with Gasteiger partial charge in [0.1, 0.15) is 0 Å². The summed E-state index contributed by atoms with van der Waals surface area (Å²) in [7, 11) is 0. The molecule has 3 heteroatoms. The molecule has 0 amide bonds. The molecule has 0 spiro atoms. The van der Waals surface area contributed by atoms with Gasteiger partial charge >= 0.3 is 0 Å². The lowest BCUT2D eigenvalue weighted by molar-refractivity contribution is 0.0791. The molecule has 1 heterocycles. The van der Waals surface area contributed by atoms with E-state index in [9.17, 15) is 5.11 Å². The fraction of sp³-hybridized carbons (Fsp3) is 1.00. The average Bonchev–Trinajstić information content (AvgIpc) is 2.15. The van der Waals surface area contributed by atoms with Crippen molar-refractivity contribution in [1.29, 1.82) is 0 Å². The third-order valence-corrected chi connectivity index (χ3v) is 3.43. The van der Waals surface area contributed by atoms with Crippen LogP contribution in [0.2, 0.25) is 0 Å². The van der Waals surface area contributed by atoms with Crippen molar-refractivity contribution in [2.24, 2.45) is 11.1 Å². The van der Waals surface area contributed by atoms with E-state index in [1.165, 1.54) is 0 Å². The van der Waals surface area contributed by atoms with E-state index >= 15 is 0 Å². The highest BCUT2D eigenvalue weighted by Gasteiger charge is 2.22. The van der Waals surface area contributed by atoms with Crippen LogP contribution in [0, 0.1) is 5.41 Å². The molecule has 1 aliphatic rings. The molecule has 1 unspecified atom stereocenters. The first-order chi connectivity index (χ1) is 6.89. The maximum absolute atomic E-state index is 9.38. The van der Waals surface area contributed by atoms with Gasteiger partial charge < -0.3 is 15.7 Å². The lowest BCUT2D eigenvalue weighted by Gasteiger charge is -2.33. The lowest BCUT2D eigenvalue weighted by Crippen LogP contribution is -2.41. The molecule has 1 atom stereocenters. The standard InChI is InChI=1S/C12H26N2O/c1-12(2,3)11(13)6-9-14-7-4-10(15)5-8-14/h10-11,15H,4-9,13H2,1-3H3. The van der Waals surface area contributed by atoms with Gasteiger partial charge in [0.2, 0.25) is 0 Å². The maximum atomic E-state index is 9.38. The number of piperidine rings is 1. The van der Waals surface area contributed by atoms with Crippen LogP contribution < -0.4 is 5.73 Å². The number of nitrogens with zero attached hydrogens (tertiary/aromatic N) is 1. The summed E-state index contributed by atoms with van der Waals surface area (Å²) in [6.45, 7) is 9.70. The summed E-state index contributed by atoms with van der Waals surface area (Å²) in [5, 5.41) is 9.38. The molecule has 3 nitrogen and oxygen atoms in total. The van der Waals surface area contributed by atoms with E-state index in [4.69, 9.17) is 5.73 Å². The zero-order chi connectivity index (χ0) is 11.5. The van der Waals surface area contributed by atoms with E-state index < -0.39 is 0 Å². The highest BCUT2D eigenvalue weighted by atomic mass is 16.3. The third-order valence-electron chi connectivity index (χ3n) is 3.43. The summed E-state index contributed by atoms with van der Waals surface area (Å²) >= 11 is 0. The maximum Gasteiger partial charge on any atom is 0.0564 e. The number of nitrogens with two attached hydrogens (primary N) is 1. The van der Waals surface area contributed by atoms with Crippen molar-refractivity contribution in [2.45, 2.75) is 52.2 Å². The fourth-order valence-corrected chi connectivity index (χ4v) is 1.90. The Morgan fingerprint density at radius 3 is 2.33 bits per heavy atom.